The monoisotopic (exact) mass is 280 g/mol. The van der Waals surface area contributed by atoms with E-state index < -0.39 is 11.6 Å². The standard InChI is InChI=1S/C14H18F2N4/c1-8-14(9(2)20(3)19-8)13(18-17)7-10-6-11(15)4-5-12(10)16/h4-6,13,18H,7,17H2,1-3H3. The SMILES string of the molecule is Cc1nn(C)c(C)c1C(Cc1cc(F)ccc1F)NN. The molecule has 0 aliphatic rings. The van der Waals surface area contributed by atoms with E-state index >= 15 is 0 Å². The predicted octanol–water partition coefficient (Wildman–Crippen LogP) is 2.06. The Hall–Kier alpha value is -1.79. The Balaban J connectivity index is 2.36. The van der Waals surface area contributed by atoms with Gasteiger partial charge in [0.2, 0.25) is 0 Å². The topological polar surface area (TPSA) is 55.9 Å². The molecule has 0 radical (unpaired) electrons. The summed E-state index contributed by atoms with van der Waals surface area (Å²) >= 11 is 0. The second-order valence-corrected chi connectivity index (χ2v) is 4.87. The zero-order chi connectivity index (χ0) is 14.9. The molecule has 4 nitrogen and oxygen atoms in total. The first-order valence-corrected chi connectivity index (χ1v) is 6.34. The van der Waals surface area contributed by atoms with Crippen LogP contribution in [0.4, 0.5) is 8.78 Å². The highest BCUT2D eigenvalue weighted by molar-refractivity contribution is 5.31. The minimum absolute atomic E-state index is 0.257. The number of aryl methyl sites for hydroxylation is 2. The molecule has 2 aromatic rings. The van der Waals surface area contributed by atoms with E-state index in [0.29, 0.717) is 0 Å². The lowest BCUT2D eigenvalue weighted by molar-refractivity contribution is 0.519. The Morgan fingerprint density at radius 2 is 2.05 bits per heavy atom. The normalized spacial score (nSPS) is 12.7. The molecule has 0 saturated carbocycles. The second-order valence-electron chi connectivity index (χ2n) is 4.87. The van der Waals surface area contributed by atoms with Gasteiger partial charge in [0.1, 0.15) is 11.6 Å². The highest BCUT2D eigenvalue weighted by atomic mass is 19.1. The van der Waals surface area contributed by atoms with Crippen LogP contribution in [0.25, 0.3) is 0 Å². The molecule has 108 valence electrons. The highest BCUT2D eigenvalue weighted by Crippen LogP contribution is 2.25. The fraction of sp³-hybridized carbons (Fsp3) is 0.357. The van der Waals surface area contributed by atoms with Gasteiger partial charge in [0.25, 0.3) is 0 Å². The molecule has 2 rings (SSSR count). The molecule has 0 fully saturated rings. The van der Waals surface area contributed by atoms with Gasteiger partial charge in [-0.15, -0.1) is 0 Å². The quantitative estimate of drug-likeness (QED) is 0.666. The second kappa shape index (κ2) is 5.68. The van der Waals surface area contributed by atoms with Crippen LogP contribution in [0.1, 0.15) is 28.6 Å². The number of halogens is 2. The molecule has 1 unspecified atom stereocenters. The molecule has 0 amide bonds. The van der Waals surface area contributed by atoms with Gasteiger partial charge in [-0.3, -0.25) is 16.0 Å². The van der Waals surface area contributed by atoms with Gasteiger partial charge in [-0.2, -0.15) is 5.10 Å². The van der Waals surface area contributed by atoms with Crippen molar-refractivity contribution in [2.45, 2.75) is 26.3 Å². The maximum absolute atomic E-state index is 13.7. The minimum Gasteiger partial charge on any atom is -0.272 e. The molecular formula is C14H18F2N4. The number of nitrogens with zero attached hydrogens (tertiary/aromatic N) is 2. The van der Waals surface area contributed by atoms with E-state index in [1.54, 1.807) is 4.68 Å². The summed E-state index contributed by atoms with van der Waals surface area (Å²) in [5.74, 6) is 4.68. The van der Waals surface area contributed by atoms with Crippen LogP contribution in [-0.2, 0) is 13.5 Å². The summed E-state index contributed by atoms with van der Waals surface area (Å²) in [7, 11) is 1.84. The molecule has 0 saturated heterocycles. The third kappa shape index (κ3) is 2.71. The van der Waals surface area contributed by atoms with Crippen LogP contribution in [0.3, 0.4) is 0 Å². The van der Waals surface area contributed by atoms with Crippen LogP contribution in [0.2, 0.25) is 0 Å². The number of nitrogens with two attached hydrogens (primary N) is 1. The summed E-state index contributed by atoms with van der Waals surface area (Å²) in [5.41, 5.74) is 5.64. The fourth-order valence-electron chi connectivity index (χ4n) is 2.46. The van der Waals surface area contributed by atoms with Gasteiger partial charge in [0.05, 0.1) is 11.7 Å². The Morgan fingerprint density at radius 1 is 1.35 bits per heavy atom. The fourth-order valence-corrected chi connectivity index (χ4v) is 2.46. The first-order valence-electron chi connectivity index (χ1n) is 6.34. The lowest BCUT2D eigenvalue weighted by Gasteiger charge is -2.17. The largest absolute Gasteiger partial charge is 0.272 e. The number of benzene rings is 1. The lowest BCUT2D eigenvalue weighted by atomic mass is 9.97. The first kappa shape index (κ1) is 14.6. The third-order valence-corrected chi connectivity index (χ3v) is 3.55. The van der Waals surface area contributed by atoms with Crippen LogP contribution in [0.15, 0.2) is 18.2 Å². The molecule has 0 spiro atoms. The van der Waals surface area contributed by atoms with Crippen molar-refractivity contribution < 1.29 is 8.78 Å². The smallest absolute Gasteiger partial charge is 0.126 e. The molecule has 0 bridgehead atoms. The molecule has 3 N–H and O–H groups in total. The van der Waals surface area contributed by atoms with Crippen molar-refractivity contribution in [3.63, 3.8) is 0 Å². The summed E-state index contributed by atoms with van der Waals surface area (Å²) in [4.78, 5) is 0. The Bertz CT molecular complexity index is 622. The molecule has 1 heterocycles. The van der Waals surface area contributed by atoms with Gasteiger partial charge in [-0.1, -0.05) is 0 Å². The number of rotatable bonds is 4. The van der Waals surface area contributed by atoms with E-state index in [1.807, 2.05) is 20.9 Å². The van der Waals surface area contributed by atoms with Crippen molar-refractivity contribution in [2.75, 3.05) is 0 Å². The van der Waals surface area contributed by atoms with Gasteiger partial charge in [0.15, 0.2) is 0 Å². The summed E-state index contributed by atoms with van der Waals surface area (Å²) in [6.45, 7) is 3.79. The van der Waals surface area contributed by atoms with Gasteiger partial charge >= 0.3 is 0 Å². The highest BCUT2D eigenvalue weighted by Gasteiger charge is 2.21. The number of hydrazine groups is 1. The average molecular weight is 280 g/mol. The van der Waals surface area contributed by atoms with Crippen molar-refractivity contribution in [3.05, 3.63) is 52.3 Å². The van der Waals surface area contributed by atoms with Crippen LogP contribution in [-0.4, -0.2) is 9.78 Å². The number of aromatic nitrogens is 2. The predicted molar refractivity (Wildman–Crippen MR) is 72.8 cm³/mol. The summed E-state index contributed by atoms with van der Waals surface area (Å²) in [6, 6.07) is 3.10. The van der Waals surface area contributed by atoms with E-state index in [2.05, 4.69) is 10.5 Å². The van der Waals surface area contributed by atoms with Crippen LogP contribution in [0, 0.1) is 25.5 Å². The zero-order valence-electron chi connectivity index (χ0n) is 11.7. The van der Waals surface area contributed by atoms with Crippen LogP contribution in [0.5, 0.6) is 0 Å². The maximum Gasteiger partial charge on any atom is 0.126 e. The molecule has 0 aliphatic heterocycles. The van der Waals surface area contributed by atoms with Crippen LogP contribution >= 0.6 is 0 Å². The Labute approximate surface area is 116 Å². The van der Waals surface area contributed by atoms with E-state index in [0.717, 1.165) is 29.1 Å². The molecule has 1 aromatic heterocycles. The van der Waals surface area contributed by atoms with Gasteiger partial charge in [-0.05, 0) is 44.0 Å². The lowest BCUT2D eigenvalue weighted by Crippen LogP contribution is -2.30. The van der Waals surface area contributed by atoms with Crippen LogP contribution < -0.4 is 11.3 Å². The molecule has 0 aliphatic carbocycles. The third-order valence-electron chi connectivity index (χ3n) is 3.55. The number of nitrogens with one attached hydrogen (secondary N) is 1. The molecule has 1 atom stereocenters. The molecule has 6 heteroatoms. The van der Waals surface area contributed by atoms with Gasteiger partial charge in [0, 0.05) is 18.3 Å². The summed E-state index contributed by atoms with van der Waals surface area (Å²) < 4.78 is 28.7. The summed E-state index contributed by atoms with van der Waals surface area (Å²) in [5, 5.41) is 4.31. The number of hydrogen-bond acceptors (Lipinski definition) is 3. The van der Waals surface area contributed by atoms with E-state index in [1.165, 1.54) is 6.07 Å². The maximum atomic E-state index is 13.7. The van der Waals surface area contributed by atoms with E-state index in [4.69, 9.17) is 5.84 Å². The van der Waals surface area contributed by atoms with Crippen molar-refractivity contribution in [1.29, 1.82) is 0 Å². The van der Waals surface area contributed by atoms with Crippen molar-refractivity contribution in [1.82, 2.24) is 15.2 Å². The van der Waals surface area contributed by atoms with Crippen molar-refractivity contribution >= 4 is 0 Å². The summed E-state index contributed by atoms with van der Waals surface area (Å²) in [6.07, 6.45) is 0.257. The average Bonchev–Trinajstić information content (AvgIpc) is 2.65. The Morgan fingerprint density at radius 3 is 2.60 bits per heavy atom. The van der Waals surface area contributed by atoms with Crippen molar-refractivity contribution in [3.8, 4) is 0 Å². The van der Waals surface area contributed by atoms with Crippen molar-refractivity contribution in [2.24, 2.45) is 12.9 Å². The molecular weight excluding hydrogens is 262 g/mol. The van der Waals surface area contributed by atoms with Gasteiger partial charge in [-0.25, -0.2) is 8.78 Å². The number of hydrogen-bond donors (Lipinski definition) is 2. The minimum atomic E-state index is -0.461. The first-order chi connectivity index (χ1) is 9.43. The van der Waals surface area contributed by atoms with Gasteiger partial charge < -0.3 is 0 Å². The van der Waals surface area contributed by atoms with E-state index in [9.17, 15) is 8.78 Å². The molecule has 20 heavy (non-hydrogen) atoms. The zero-order valence-corrected chi connectivity index (χ0v) is 11.7. The Kier molecular flexibility index (Phi) is 4.15. The molecule has 1 aromatic carbocycles. The van der Waals surface area contributed by atoms with E-state index in [-0.39, 0.29) is 18.0 Å².